The Morgan fingerprint density at radius 2 is 2.22 bits per heavy atom. The Labute approximate surface area is 107 Å². The van der Waals surface area contributed by atoms with Crippen molar-refractivity contribution >= 4 is 11.4 Å². The van der Waals surface area contributed by atoms with Gasteiger partial charge < -0.3 is 10.2 Å². The summed E-state index contributed by atoms with van der Waals surface area (Å²) in [4.78, 5) is 12.9. The van der Waals surface area contributed by atoms with Gasteiger partial charge in [-0.1, -0.05) is 6.07 Å². The summed E-state index contributed by atoms with van der Waals surface area (Å²) in [5.74, 6) is 0. The van der Waals surface area contributed by atoms with E-state index in [1.165, 1.54) is 0 Å². The third-order valence-corrected chi connectivity index (χ3v) is 3.59. The first kappa shape index (κ1) is 12.8. The highest BCUT2D eigenvalue weighted by atomic mass is 16.6. The number of nitrogens with one attached hydrogen (secondary N) is 1. The maximum Gasteiger partial charge on any atom is 0.292 e. The molecule has 1 aliphatic rings. The highest BCUT2D eigenvalue weighted by Gasteiger charge is 2.27. The first-order valence-electron chi connectivity index (χ1n) is 6.19. The Morgan fingerprint density at radius 1 is 1.50 bits per heavy atom. The fourth-order valence-electron chi connectivity index (χ4n) is 2.44. The van der Waals surface area contributed by atoms with Gasteiger partial charge in [0.1, 0.15) is 5.69 Å². The average Bonchev–Trinajstić information content (AvgIpc) is 2.57. The molecule has 2 rings (SSSR count). The van der Waals surface area contributed by atoms with Crippen molar-refractivity contribution in [2.45, 2.75) is 32.4 Å². The van der Waals surface area contributed by atoms with Crippen LogP contribution in [0.3, 0.4) is 0 Å². The van der Waals surface area contributed by atoms with Crippen molar-refractivity contribution in [1.29, 1.82) is 0 Å². The van der Waals surface area contributed by atoms with Gasteiger partial charge >= 0.3 is 0 Å². The molecular weight excluding hydrogens is 230 g/mol. The number of anilines is 1. The summed E-state index contributed by atoms with van der Waals surface area (Å²) in [5, 5.41) is 14.3. The third-order valence-electron chi connectivity index (χ3n) is 3.59. The Kier molecular flexibility index (Phi) is 3.52. The Balaban J connectivity index is 2.18. The summed E-state index contributed by atoms with van der Waals surface area (Å²) >= 11 is 0. The highest BCUT2D eigenvalue weighted by molar-refractivity contribution is 5.63. The van der Waals surface area contributed by atoms with Crippen LogP contribution < -0.4 is 5.32 Å². The van der Waals surface area contributed by atoms with Gasteiger partial charge in [0.2, 0.25) is 0 Å². The second-order valence-corrected chi connectivity index (χ2v) is 5.14. The van der Waals surface area contributed by atoms with Crippen molar-refractivity contribution in [2.75, 3.05) is 18.9 Å². The molecule has 18 heavy (non-hydrogen) atoms. The third kappa shape index (κ3) is 2.61. The summed E-state index contributed by atoms with van der Waals surface area (Å²) in [7, 11) is 2.08. The first-order chi connectivity index (χ1) is 8.47. The fraction of sp³-hybridized carbons (Fsp3) is 0.538. The van der Waals surface area contributed by atoms with Crippen molar-refractivity contribution < 1.29 is 4.92 Å². The first-order valence-corrected chi connectivity index (χ1v) is 6.19. The molecule has 2 unspecified atom stereocenters. The van der Waals surface area contributed by atoms with Crippen LogP contribution in [0.5, 0.6) is 0 Å². The van der Waals surface area contributed by atoms with Crippen LogP contribution in [0.1, 0.15) is 18.9 Å². The number of hydrogen-bond acceptors (Lipinski definition) is 4. The maximum absolute atomic E-state index is 11.0. The minimum absolute atomic E-state index is 0.155. The highest BCUT2D eigenvalue weighted by Crippen LogP contribution is 2.28. The number of likely N-dealkylation sites (N-methyl/N-ethyl adjacent to an activating group) is 1. The molecule has 1 aliphatic heterocycles. The Morgan fingerprint density at radius 3 is 2.78 bits per heavy atom. The smallest absolute Gasteiger partial charge is 0.292 e. The predicted molar refractivity (Wildman–Crippen MR) is 72.0 cm³/mol. The molecule has 0 aromatic heterocycles. The molecule has 5 nitrogen and oxygen atoms in total. The summed E-state index contributed by atoms with van der Waals surface area (Å²) in [5.41, 5.74) is 1.82. The van der Waals surface area contributed by atoms with Crippen LogP contribution in [0.2, 0.25) is 0 Å². The van der Waals surface area contributed by atoms with E-state index in [4.69, 9.17) is 0 Å². The van der Waals surface area contributed by atoms with E-state index in [2.05, 4.69) is 24.2 Å². The van der Waals surface area contributed by atoms with Gasteiger partial charge in [-0.2, -0.15) is 0 Å². The normalized spacial score (nSPS) is 24.2. The molecule has 0 saturated carbocycles. The quantitative estimate of drug-likeness (QED) is 0.660. The van der Waals surface area contributed by atoms with Gasteiger partial charge in [-0.3, -0.25) is 10.1 Å². The zero-order valence-corrected chi connectivity index (χ0v) is 11.0. The summed E-state index contributed by atoms with van der Waals surface area (Å²) in [6.45, 7) is 5.04. The van der Waals surface area contributed by atoms with Gasteiger partial charge in [0.05, 0.1) is 4.92 Å². The lowest BCUT2D eigenvalue weighted by atomic mass is 10.1. The second-order valence-electron chi connectivity index (χ2n) is 5.14. The standard InChI is InChI=1S/C13H19N3O2/c1-9-4-5-13(16(17)18)12(6-9)14-11-7-10(2)15(3)8-11/h4-6,10-11,14H,7-8H2,1-3H3. The molecule has 0 radical (unpaired) electrons. The van der Waals surface area contributed by atoms with Gasteiger partial charge in [-0.15, -0.1) is 0 Å². The molecule has 2 atom stereocenters. The van der Waals surface area contributed by atoms with E-state index in [0.717, 1.165) is 18.5 Å². The maximum atomic E-state index is 11.0. The second kappa shape index (κ2) is 4.94. The molecule has 0 aliphatic carbocycles. The van der Waals surface area contributed by atoms with Crippen molar-refractivity contribution in [3.05, 3.63) is 33.9 Å². The van der Waals surface area contributed by atoms with E-state index < -0.39 is 0 Å². The molecule has 1 heterocycles. The van der Waals surface area contributed by atoms with E-state index in [9.17, 15) is 10.1 Å². The van der Waals surface area contributed by atoms with Crippen molar-refractivity contribution in [2.24, 2.45) is 0 Å². The van der Waals surface area contributed by atoms with E-state index in [1.807, 2.05) is 13.0 Å². The number of aryl methyl sites for hydroxylation is 1. The average molecular weight is 249 g/mol. The van der Waals surface area contributed by atoms with Crippen molar-refractivity contribution in [3.63, 3.8) is 0 Å². The van der Waals surface area contributed by atoms with Crippen LogP contribution >= 0.6 is 0 Å². The van der Waals surface area contributed by atoms with Crippen molar-refractivity contribution in [1.82, 2.24) is 4.90 Å². The molecule has 5 heteroatoms. The molecule has 0 spiro atoms. The van der Waals surface area contributed by atoms with Gasteiger partial charge in [0, 0.05) is 24.7 Å². The van der Waals surface area contributed by atoms with Crippen LogP contribution in [0.25, 0.3) is 0 Å². The zero-order valence-electron chi connectivity index (χ0n) is 11.0. The van der Waals surface area contributed by atoms with E-state index in [-0.39, 0.29) is 16.7 Å². The lowest BCUT2D eigenvalue weighted by molar-refractivity contribution is -0.384. The number of hydrogen-bond donors (Lipinski definition) is 1. The molecule has 1 fully saturated rings. The fourth-order valence-corrected chi connectivity index (χ4v) is 2.44. The SMILES string of the molecule is Cc1ccc([N+](=O)[O-])c(NC2CC(C)N(C)C2)c1. The number of benzene rings is 1. The lowest BCUT2D eigenvalue weighted by Gasteiger charge is -2.14. The summed E-state index contributed by atoms with van der Waals surface area (Å²) in [6.07, 6.45) is 1.02. The van der Waals surface area contributed by atoms with Gasteiger partial charge in [-0.25, -0.2) is 0 Å². The predicted octanol–water partition coefficient (Wildman–Crippen LogP) is 2.41. The molecular formula is C13H19N3O2. The minimum Gasteiger partial charge on any atom is -0.375 e. The van der Waals surface area contributed by atoms with E-state index >= 15 is 0 Å². The largest absolute Gasteiger partial charge is 0.375 e. The molecule has 0 amide bonds. The van der Waals surface area contributed by atoms with Crippen LogP contribution in [0, 0.1) is 17.0 Å². The van der Waals surface area contributed by atoms with E-state index in [1.54, 1.807) is 12.1 Å². The molecule has 1 saturated heterocycles. The Bertz CT molecular complexity index is 452. The van der Waals surface area contributed by atoms with Crippen LogP contribution in [0.4, 0.5) is 11.4 Å². The topological polar surface area (TPSA) is 58.4 Å². The molecule has 1 N–H and O–H groups in total. The number of rotatable bonds is 3. The molecule has 1 aromatic carbocycles. The molecule has 0 bridgehead atoms. The van der Waals surface area contributed by atoms with Crippen LogP contribution in [0.15, 0.2) is 18.2 Å². The monoisotopic (exact) mass is 249 g/mol. The zero-order chi connectivity index (χ0) is 13.3. The van der Waals surface area contributed by atoms with Crippen LogP contribution in [-0.2, 0) is 0 Å². The van der Waals surface area contributed by atoms with Crippen LogP contribution in [-0.4, -0.2) is 35.5 Å². The number of nitrogens with zero attached hydrogens (tertiary/aromatic N) is 2. The molecule has 98 valence electrons. The van der Waals surface area contributed by atoms with E-state index in [0.29, 0.717) is 11.7 Å². The number of nitro benzene ring substituents is 1. The van der Waals surface area contributed by atoms with Gasteiger partial charge in [-0.05, 0) is 38.9 Å². The minimum atomic E-state index is -0.329. The van der Waals surface area contributed by atoms with Gasteiger partial charge in [0.25, 0.3) is 5.69 Å². The number of nitro groups is 1. The summed E-state index contributed by atoms with van der Waals surface area (Å²) in [6, 6.07) is 5.99. The number of likely N-dealkylation sites (tertiary alicyclic amines) is 1. The summed E-state index contributed by atoms with van der Waals surface area (Å²) < 4.78 is 0. The lowest BCUT2D eigenvalue weighted by Crippen LogP contribution is -2.25. The van der Waals surface area contributed by atoms with Crippen molar-refractivity contribution in [3.8, 4) is 0 Å². The Hall–Kier alpha value is -1.62. The molecule has 1 aromatic rings. The van der Waals surface area contributed by atoms with Gasteiger partial charge in [0.15, 0.2) is 0 Å².